The van der Waals surface area contributed by atoms with Crippen LogP contribution in [-0.4, -0.2) is 26.8 Å². The van der Waals surface area contributed by atoms with Crippen LogP contribution in [0.5, 0.6) is 0 Å². The number of thioether (sulfide) groups is 1. The van der Waals surface area contributed by atoms with Crippen LogP contribution >= 0.6 is 23.1 Å². The summed E-state index contributed by atoms with van der Waals surface area (Å²) in [7, 11) is 0. The lowest BCUT2D eigenvalue weighted by Gasteiger charge is -2.02. The molecule has 0 aliphatic carbocycles. The Kier molecular flexibility index (Phi) is 5.70. The quantitative estimate of drug-likeness (QED) is 0.312. The van der Waals surface area contributed by atoms with Crippen molar-refractivity contribution in [3.63, 3.8) is 0 Å². The number of aromatic nitrogens is 3. The summed E-state index contributed by atoms with van der Waals surface area (Å²) >= 11 is 2.60. The molecule has 32 heavy (non-hydrogen) atoms. The second-order valence-corrected chi connectivity index (χ2v) is 8.93. The number of hydrogen-bond donors (Lipinski definition) is 1. The molecule has 5 aromatic rings. The maximum Gasteiger partial charge on any atom is 0.277 e. The van der Waals surface area contributed by atoms with Crippen molar-refractivity contribution in [1.82, 2.24) is 15.2 Å². The Bertz CT molecular complexity index is 1390. The summed E-state index contributed by atoms with van der Waals surface area (Å²) < 4.78 is 5.80. The minimum Gasteiger partial charge on any atom is -0.411 e. The van der Waals surface area contributed by atoms with Gasteiger partial charge in [0.15, 0.2) is 5.13 Å². The van der Waals surface area contributed by atoms with Crippen LogP contribution in [0.1, 0.15) is 5.56 Å². The normalized spacial score (nSPS) is 11.0. The minimum absolute atomic E-state index is 0.149. The van der Waals surface area contributed by atoms with Crippen molar-refractivity contribution in [2.75, 3.05) is 11.1 Å². The topological polar surface area (TPSA) is 80.9 Å². The zero-order valence-corrected chi connectivity index (χ0v) is 18.7. The molecule has 0 bridgehead atoms. The molecule has 1 N–H and O–H groups in total. The van der Waals surface area contributed by atoms with Crippen LogP contribution in [0.25, 0.3) is 33.5 Å². The third kappa shape index (κ3) is 4.42. The van der Waals surface area contributed by atoms with E-state index in [0.29, 0.717) is 16.2 Å². The van der Waals surface area contributed by atoms with E-state index in [-0.39, 0.29) is 11.7 Å². The summed E-state index contributed by atoms with van der Waals surface area (Å²) in [6.07, 6.45) is 0. The van der Waals surface area contributed by atoms with Gasteiger partial charge in [-0.3, -0.25) is 4.79 Å². The molecule has 2 aromatic heterocycles. The fourth-order valence-electron chi connectivity index (χ4n) is 3.26. The first-order chi connectivity index (χ1) is 15.7. The van der Waals surface area contributed by atoms with Crippen LogP contribution in [0.3, 0.4) is 0 Å². The smallest absolute Gasteiger partial charge is 0.277 e. The average Bonchev–Trinajstić information content (AvgIpc) is 3.48. The standard InChI is InChI=1S/C24H18N4O2S2/c1-15-9-11-17(12-10-15)20-13-31-23(25-20)26-21(29)14-32-24-28-27-22(30-24)19-8-4-6-16-5-2-3-7-18(16)19/h2-13H,14H2,1H3,(H,25,26,29). The molecule has 0 spiro atoms. The molecule has 6 nitrogen and oxygen atoms in total. The van der Waals surface area contributed by atoms with Gasteiger partial charge in [-0.15, -0.1) is 21.5 Å². The molecule has 1 amide bonds. The van der Waals surface area contributed by atoms with Gasteiger partial charge in [-0.25, -0.2) is 4.98 Å². The summed E-state index contributed by atoms with van der Waals surface area (Å²) in [6.45, 7) is 2.04. The highest BCUT2D eigenvalue weighted by Crippen LogP contribution is 2.30. The second-order valence-electron chi connectivity index (χ2n) is 7.14. The maximum atomic E-state index is 12.4. The largest absolute Gasteiger partial charge is 0.411 e. The number of fused-ring (bicyclic) bond motifs is 1. The summed E-state index contributed by atoms with van der Waals surface area (Å²) in [5.41, 5.74) is 3.93. The van der Waals surface area contributed by atoms with E-state index < -0.39 is 0 Å². The Labute approximate surface area is 192 Å². The summed E-state index contributed by atoms with van der Waals surface area (Å²) in [4.78, 5) is 16.9. The molecular weight excluding hydrogens is 440 g/mol. The summed E-state index contributed by atoms with van der Waals surface area (Å²) in [5.74, 6) is 0.411. The molecule has 0 unspecified atom stereocenters. The van der Waals surface area contributed by atoms with Crippen molar-refractivity contribution >= 4 is 44.9 Å². The molecule has 2 heterocycles. The zero-order chi connectivity index (χ0) is 21.9. The molecule has 0 saturated carbocycles. The molecular formula is C24H18N4O2S2. The van der Waals surface area contributed by atoms with E-state index in [1.54, 1.807) is 0 Å². The number of thiazole rings is 1. The molecule has 0 atom stereocenters. The lowest BCUT2D eigenvalue weighted by Crippen LogP contribution is -2.13. The van der Waals surface area contributed by atoms with Gasteiger partial charge in [0.1, 0.15) is 0 Å². The summed E-state index contributed by atoms with van der Waals surface area (Å²) in [6, 6.07) is 22.1. The number of amides is 1. The molecule has 0 radical (unpaired) electrons. The van der Waals surface area contributed by atoms with Crippen molar-refractivity contribution in [2.45, 2.75) is 12.1 Å². The SMILES string of the molecule is Cc1ccc(-c2csc(NC(=O)CSc3nnc(-c4cccc5ccccc45)o3)n2)cc1. The van der Waals surface area contributed by atoms with E-state index in [1.165, 1.54) is 28.7 Å². The van der Waals surface area contributed by atoms with Gasteiger partial charge in [-0.1, -0.05) is 78.0 Å². The van der Waals surface area contributed by atoms with Gasteiger partial charge in [0.2, 0.25) is 11.8 Å². The molecule has 0 saturated heterocycles. The van der Waals surface area contributed by atoms with Gasteiger partial charge < -0.3 is 9.73 Å². The van der Waals surface area contributed by atoms with Crippen LogP contribution < -0.4 is 5.32 Å². The van der Waals surface area contributed by atoms with Gasteiger partial charge in [0.05, 0.1) is 11.4 Å². The fourth-order valence-corrected chi connectivity index (χ4v) is 4.56. The lowest BCUT2D eigenvalue weighted by atomic mass is 10.0. The van der Waals surface area contributed by atoms with Crippen LogP contribution in [0, 0.1) is 6.92 Å². The predicted molar refractivity (Wildman–Crippen MR) is 129 cm³/mol. The summed E-state index contributed by atoms with van der Waals surface area (Å²) in [5, 5.41) is 16.1. The number of anilines is 1. The first kappa shape index (κ1) is 20.4. The fraction of sp³-hybridized carbons (Fsp3) is 0.0833. The van der Waals surface area contributed by atoms with Crippen LogP contribution in [-0.2, 0) is 4.79 Å². The van der Waals surface area contributed by atoms with Crippen molar-refractivity contribution < 1.29 is 9.21 Å². The number of carbonyl (C=O) groups is 1. The van der Waals surface area contributed by atoms with Crippen molar-refractivity contribution in [2.24, 2.45) is 0 Å². The van der Waals surface area contributed by atoms with Gasteiger partial charge in [0, 0.05) is 16.5 Å². The first-order valence-corrected chi connectivity index (χ1v) is 11.8. The van der Waals surface area contributed by atoms with Crippen LogP contribution in [0.15, 0.2) is 81.8 Å². The van der Waals surface area contributed by atoms with Gasteiger partial charge in [-0.2, -0.15) is 0 Å². The Morgan fingerprint density at radius 3 is 2.72 bits per heavy atom. The molecule has 0 aliphatic rings. The van der Waals surface area contributed by atoms with E-state index in [1.807, 2.05) is 79.0 Å². The number of hydrogen-bond acceptors (Lipinski definition) is 7. The Morgan fingerprint density at radius 2 is 1.84 bits per heavy atom. The highest BCUT2D eigenvalue weighted by molar-refractivity contribution is 7.99. The second kappa shape index (κ2) is 8.94. The Hall–Kier alpha value is -3.49. The van der Waals surface area contributed by atoms with Crippen LogP contribution in [0.2, 0.25) is 0 Å². The van der Waals surface area contributed by atoms with Gasteiger partial charge in [0.25, 0.3) is 5.22 Å². The van der Waals surface area contributed by atoms with E-state index in [9.17, 15) is 4.79 Å². The lowest BCUT2D eigenvalue weighted by molar-refractivity contribution is -0.113. The number of nitrogens with one attached hydrogen (secondary N) is 1. The maximum absolute atomic E-state index is 12.4. The van der Waals surface area contributed by atoms with E-state index in [2.05, 4.69) is 20.5 Å². The average molecular weight is 459 g/mol. The van der Waals surface area contributed by atoms with Crippen molar-refractivity contribution in [1.29, 1.82) is 0 Å². The zero-order valence-electron chi connectivity index (χ0n) is 17.1. The van der Waals surface area contributed by atoms with E-state index in [4.69, 9.17) is 4.42 Å². The predicted octanol–water partition coefficient (Wildman–Crippen LogP) is 6.05. The van der Waals surface area contributed by atoms with Gasteiger partial charge in [-0.05, 0) is 23.8 Å². The van der Waals surface area contributed by atoms with Crippen molar-refractivity contribution in [3.8, 4) is 22.7 Å². The molecule has 0 fully saturated rings. The third-order valence-electron chi connectivity index (χ3n) is 4.85. The molecule has 0 aliphatic heterocycles. The van der Waals surface area contributed by atoms with E-state index >= 15 is 0 Å². The highest BCUT2D eigenvalue weighted by Gasteiger charge is 2.14. The molecule has 158 valence electrons. The highest BCUT2D eigenvalue weighted by atomic mass is 32.2. The number of nitrogens with zero attached hydrogens (tertiary/aromatic N) is 3. The minimum atomic E-state index is -0.176. The Balaban J connectivity index is 1.22. The van der Waals surface area contributed by atoms with E-state index in [0.717, 1.165) is 27.6 Å². The number of rotatable bonds is 6. The monoisotopic (exact) mass is 458 g/mol. The van der Waals surface area contributed by atoms with Crippen molar-refractivity contribution in [3.05, 3.63) is 77.7 Å². The number of benzene rings is 3. The molecule has 8 heteroatoms. The number of carbonyl (C=O) groups excluding carboxylic acids is 1. The third-order valence-corrected chi connectivity index (χ3v) is 6.43. The first-order valence-electron chi connectivity index (χ1n) is 9.92. The van der Waals surface area contributed by atoms with Crippen LogP contribution in [0.4, 0.5) is 5.13 Å². The van der Waals surface area contributed by atoms with Gasteiger partial charge >= 0.3 is 0 Å². The molecule has 5 rings (SSSR count). The number of aryl methyl sites for hydroxylation is 1. The Morgan fingerprint density at radius 1 is 1.03 bits per heavy atom. The molecule has 3 aromatic carbocycles.